The molecule has 0 saturated heterocycles. The fourth-order valence-electron chi connectivity index (χ4n) is 2.74. The average molecular weight is 316 g/mol. The first-order chi connectivity index (χ1) is 11.0. The van der Waals surface area contributed by atoms with Gasteiger partial charge in [0.05, 0.1) is 5.92 Å². The minimum Gasteiger partial charge on any atom is -0.453 e. The molecule has 1 aliphatic rings. The minimum atomic E-state index is -0.527. The molecule has 0 bridgehead atoms. The van der Waals surface area contributed by atoms with E-state index in [2.05, 4.69) is 6.07 Å². The summed E-state index contributed by atoms with van der Waals surface area (Å²) in [7, 11) is 0. The van der Waals surface area contributed by atoms with Gasteiger partial charge in [0.25, 0.3) is 0 Å². The van der Waals surface area contributed by atoms with E-state index in [9.17, 15) is 9.59 Å². The molecular formula is C19H24O4. The number of benzene rings is 1. The van der Waals surface area contributed by atoms with E-state index in [0.29, 0.717) is 18.1 Å². The normalized spacial score (nSPS) is 14.7. The smallest absolute Gasteiger partial charge is 0.349 e. The lowest BCUT2D eigenvalue weighted by atomic mass is 9.96. The second kappa shape index (κ2) is 7.95. The molecule has 1 aliphatic carbocycles. The number of carbonyl (C=O) groups is 2. The lowest BCUT2D eigenvalue weighted by molar-refractivity contribution is -0.159. The summed E-state index contributed by atoms with van der Waals surface area (Å²) in [6.45, 7) is 5.57. The van der Waals surface area contributed by atoms with Gasteiger partial charge in [0.1, 0.15) is 5.76 Å². The number of allylic oxidation sites excluding steroid dienone is 1. The van der Waals surface area contributed by atoms with Crippen molar-refractivity contribution >= 4 is 18.0 Å². The van der Waals surface area contributed by atoms with Gasteiger partial charge in [0.15, 0.2) is 6.61 Å². The number of aryl methyl sites for hydroxylation is 1. The number of carbonyl (C=O) groups excluding carboxylic acids is 2. The Bertz CT molecular complexity index is 601. The van der Waals surface area contributed by atoms with Crippen molar-refractivity contribution in [1.82, 2.24) is 0 Å². The van der Waals surface area contributed by atoms with Crippen LogP contribution in [0.1, 0.15) is 44.7 Å². The molecule has 0 saturated carbocycles. The van der Waals surface area contributed by atoms with Crippen LogP contribution in [0.25, 0.3) is 6.08 Å². The third-order valence-electron chi connectivity index (χ3n) is 3.82. The zero-order chi connectivity index (χ0) is 16.8. The van der Waals surface area contributed by atoms with Gasteiger partial charge in [-0.2, -0.15) is 0 Å². The molecule has 4 nitrogen and oxygen atoms in total. The number of hydrogen-bond acceptors (Lipinski definition) is 4. The number of ether oxygens (including phenoxy) is 2. The second-order valence-corrected chi connectivity index (χ2v) is 6.42. The standard InChI is InChI=1S/C19H24O4/c1-13(2)10-14(3)19(21)22-12-18(20)23-17-9-8-15-6-4-5-7-16(15)11-17/h4-7,11,13-14H,8-10,12H2,1-3H3. The molecule has 1 aromatic rings. The summed E-state index contributed by atoms with van der Waals surface area (Å²) in [5.41, 5.74) is 2.32. The Balaban J connectivity index is 1.82. The maximum absolute atomic E-state index is 11.8. The molecule has 1 unspecified atom stereocenters. The summed E-state index contributed by atoms with van der Waals surface area (Å²) in [6.07, 6.45) is 4.15. The number of rotatable bonds is 6. The largest absolute Gasteiger partial charge is 0.453 e. The predicted molar refractivity (Wildman–Crippen MR) is 88.4 cm³/mol. The molecule has 0 heterocycles. The van der Waals surface area contributed by atoms with Gasteiger partial charge in [-0.1, -0.05) is 45.0 Å². The lowest BCUT2D eigenvalue weighted by Gasteiger charge is -2.16. The maximum Gasteiger partial charge on any atom is 0.349 e. The molecule has 2 rings (SSSR count). The van der Waals surface area contributed by atoms with Crippen LogP contribution in [-0.4, -0.2) is 18.5 Å². The molecule has 1 aromatic carbocycles. The van der Waals surface area contributed by atoms with E-state index in [4.69, 9.17) is 9.47 Å². The van der Waals surface area contributed by atoms with E-state index in [1.807, 2.05) is 45.0 Å². The second-order valence-electron chi connectivity index (χ2n) is 6.42. The quantitative estimate of drug-likeness (QED) is 0.750. The van der Waals surface area contributed by atoms with Crippen LogP contribution in [0.4, 0.5) is 0 Å². The van der Waals surface area contributed by atoms with Crippen LogP contribution < -0.4 is 0 Å². The van der Waals surface area contributed by atoms with E-state index in [0.717, 1.165) is 18.4 Å². The van der Waals surface area contributed by atoms with E-state index in [1.54, 1.807) is 0 Å². The third-order valence-corrected chi connectivity index (χ3v) is 3.82. The fourth-order valence-corrected chi connectivity index (χ4v) is 2.74. The molecule has 0 aromatic heterocycles. The van der Waals surface area contributed by atoms with Crippen LogP contribution >= 0.6 is 0 Å². The molecule has 0 N–H and O–H groups in total. The van der Waals surface area contributed by atoms with Crippen LogP contribution in [0.5, 0.6) is 0 Å². The fraction of sp³-hybridized carbons (Fsp3) is 0.474. The Morgan fingerprint density at radius 3 is 2.61 bits per heavy atom. The molecule has 0 aliphatic heterocycles. The zero-order valence-corrected chi connectivity index (χ0v) is 14.0. The average Bonchev–Trinajstić information content (AvgIpc) is 2.51. The molecule has 4 heteroatoms. The highest BCUT2D eigenvalue weighted by atomic mass is 16.6. The highest BCUT2D eigenvalue weighted by Gasteiger charge is 2.19. The molecule has 1 atom stereocenters. The number of fused-ring (bicyclic) bond motifs is 1. The summed E-state index contributed by atoms with van der Waals surface area (Å²) in [6, 6.07) is 8.03. The highest BCUT2D eigenvalue weighted by Crippen LogP contribution is 2.24. The summed E-state index contributed by atoms with van der Waals surface area (Å²) in [4.78, 5) is 23.6. The van der Waals surface area contributed by atoms with E-state index in [1.165, 1.54) is 5.56 Å². The van der Waals surface area contributed by atoms with E-state index < -0.39 is 5.97 Å². The van der Waals surface area contributed by atoms with Gasteiger partial charge in [-0.3, -0.25) is 4.79 Å². The SMILES string of the molecule is CC(C)CC(C)C(=O)OCC(=O)OC1=Cc2ccccc2CC1. The van der Waals surface area contributed by atoms with Crippen molar-refractivity contribution < 1.29 is 19.1 Å². The van der Waals surface area contributed by atoms with Crippen LogP contribution in [0.15, 0.2) is 30.0 Å². The van der Waals surface area contributed by atoms with Crippen molar-refractivity contribution in [2.24, 2.45) is 11.8 Å². The van der Waals surface area contributed by atoms with Gasteiger partial charge >= 0.3 is 11.9 Å². The van der Waals surface area contributed by atoms with Crippen LogP contribution in [0.3, 0.4) is 0 Å². The van der Waals surface area contributed by atoms with Crippen molar-refractivity contribution in [1.29, 1.82) is 0 Å². The van der Waals surface area contributed by atoms with Crippen LogP contribution in [0, 0.1) is 11.8 Å². The Morgan fingerprint density at radius 1 is 1.13 bits per heavy atom. The van der Waals surface area contributed by atoms with Gasteiger partial charge in [0, 0.05) is 6.42 Å². The van der Waals surface area contributed by atoms with Gasteiger partial charge in [-0.25, -0.2) is 4.79 Å². The first-order valence-electron chi connectivity index (χ1n) is 8.11. The van der Waals surface area contributed by atoms with Gasteiger partial charge in [-0.05, 0) is 36.0 Å². The maximum atomic E-state index is 11.8. The Labute approximate surface area is 137 Å². The molecule has 0 radical (unpaired) electrons. The molecular weight excluding hydrogens is 292 g/mol. The third kappa shape index (κ3) is 5.23. The molecule has 23 heavy (non-hydrogen) atoms. The monoisotopic (exact) mass is 316 g/mol. The zero-order valence-electron chi connectivity index (χ0n) is 14.0. The minimum absolute atomic E-state index is 0.205. The molecule has 0 amide bonds. The summed E-state index contributed by atoms with van der Waals surface area (Å²) in [5.74, 6) is -0.0418. The number of hydrogen-bond donors (Lipinski definition) is 0. The predicted octanol–water partition coefficient (Wildman–Crippen LogP) is 3.74. The Kier molecular flexibility index (Phi) is 5.97. The van der Waals surface area contributed by atoms with Crippen molar-refractivity contribution in [3.63, 3.8) is 0 Å². The highest BCUT2D eigenvalue weighted by molar-refractivity contribution is 5.78. The van der Waals surface area contributed by atoms with Crippen molar-refractivity contribution in [2.75, 3.05) is 6.61 Å². The van der Waals surface area contributed by atoms with E-state index in [-0.39, 0.29) is 18.5 Å². The Morgan fingerprint density at radius 2 is 1.87 bits per heavy atom. The topological polar surface area (TPSA) is 52.6 Å². The van der Waals surface area contributed by atoms with Crippen molar-refractivity contribution in [2.45, 2.75) is 40.0 Å². The summed E-state index contributed by atoms with van der Waals surface area (Å²) < 4.78 is 10.3. The first kappa shape index (κ1) is 17.3. The lowest BCUT2D eigenvalue weighted by Crippen LogP contribution is -2.22. The van der Waals surface area contributed by atoms with Crippen LogP contribution in [0.2, 0.25) is 0 Å². The van der Waals surface area contributed by atoms with Crippen molar-refractivity contribution in [3.8, 4) is 0 Å². The van der Waals surface area contributed by atoms with Crippen molar-refractivity contribution in [3.05, 3.63) is 41.2 Å². The van der Waals surface area contributed by atoms with Gasteiger partial charge in [-0.15, -0.1) is 0 Å². The first-order valence-corrected chi connectivity index (χ1v) is 8.11. The van der Waals surface area contributed by atoms with Crippen LogP contribution in [-0.2, 0) is 25.5 Å². The molecule has 124 valence electrons. The van der Waals surface area contributed by atoms with Gasteiger partial charge in [0.2, 0.25) is 0 Å². The number of esters is 2. The van der Waals surface area contributed by atoms with Gasteiger partial charge < -0.3 is 9.47 Å². The molecule has 0 fully saturated rings. The summed E-state index contributed by atoms with van der Waals surface area (Å²) in [5, 5.41) is 0. The Hall–Kier alpha value is -2.10. The summed E-state index contributed by atoms with van der Waals surface area (Å²) >= 11 is 0. The molecule has 0 spiro atoms. The van der Waals surface area contributed by atoms with E-state index >= 15 is 0 Å².